The van der Waals surface area contributed by atoms with Gasteiger partial charge in [0, 0.05) is 12.2 Å². The molecule has 0 saturated heterocycles. The summed E-state index contributed by atoms with van der Waals surface area (Å²) in [6, 6.07) is 0.282. The quantitative estimate of drug-likeness (QED) is 0.922. The zero-order valence-corrected chi connectivity index (χ0v) is 13.6. The number of hydrogen-bond donors (Lipinski definition) is 1. The Morgan fingerprint density at radius 3 is 2.43 bits per heavy atom. The largest absolute Gasteiger partial charge is 0.348 e. The van der Waals surface area contributed by atoms with Crippen LogP contribution in [0.5, 0.6) is 0 Å². The predicted molar refractivity (Wildman–Crippen MR) is 84.1 cm³/mol. The van der Waals surface area contributed by atoms with Crippen molar-refractivity contribution in [1.82, 2.24) is 15.3 Å². The first-order valence-corrected chi connectivity index (χ1v) is 8.02. The lowest BCUT2D eigenvalue weighted by atomic mass is 9.69. The van der Waals surface area contributed by atoms with Crippen molar-refractivity contribution in [2.45, 2.75) is 65.8 Å². The molecule has 0 atom stereocenters. The van der Waals surface area contributed by atoms with Gasteiger partial charge >= 0.3 is 0 Å². The molecular weight excluding hydrogens is 262 g/mol. The molecule has 116 valence electrons. The Kier molecular flexibility index (Phi) is 4.96. The van der Waals surface area contributed by atoms with E-state index in [1.807, 2.05) is 6.92 Å². The molecule has 0 aliphatic heterocycles. The van der Waals surface area contributed by atoms with E-state index < -0.39 is 0 Å². The van der Waals surface area contributed by atoms with Crippen LogP contribution in [0.25, 0.3) is 0 Å². The van der Waals surface area contributed by atoms with Gasteiger partial charge in [0.15, 0.2) is 0 Å². The second-order valence-corrected chi connectivity index (χ2v) is 6.91. The molecule has 2 rings (SSSR count). The molecule has 0 radical (unpaired) electrons. The summed E-state index contributed by atoms with van der Waals surface area (Å²) in [6.45, 7) is 8.85. The maximum absolute atomic E-state index is 12.1. The smallest absolute Gasteiger partial charge is 0.271 e. The third kappa shape index (κ3) is 4.02. The average Bonchev–Trinajstić information content (AvgIpc) is 2.48. The molecule has 1 heterocycles. The zero-order valence-electron chi connectivity index (χ0n) is 13.6. The molecule has 0 unspecified atom stereocenters. The first-order chi connectivity index (χ1) is 9.92. The summed E-state index contributed by atoms with van der Waals surface area (Å²) in [5, 5.41) is 3.10. The van der Waals surface area contributed by atoms with Gasteiger partial charge in [-0.15, -0.1) is 0 Å². The summed E-state index contributed by atoms with van der Waals surface area (Å²) < 4.78 is 0. The highest BCUT2D eigenvalue weighted by Crippen LogP contribution is 2.40. The third-order valence-electron chi connectivity index (χ3n) is 5.09. The van der Waals surface area contributed by atoms with Crippen molar-refractivity contribution in [3.05, 3.63) is 23.8 Å². The molecule has 1 N–H and O–H groups in total. The van der Waals surface area contributed by atoms with Crippen LogP contribution in [0.15, 0.2) is 12.4 Å². The zero-order chi connectivity index (χ0) is 15.5. The predicted octanol–water partition coefficient (Wildman–Crippen LogP) is 3.51. The van der Waals surface area contributed by atoms with Crippen molar-refractivity contribution < 1.29 is 4.79 Å². The Morgan fingerprint density at radius 1 is 1.24 bits per heavy atom. The minimum absolute atomic E-state index is 0.0966. The SMILES string of the molecule is CCC(C)(C)C1CCC(NC(=O)c2cnc(C)cn2)CC1. The number of carbonyl (C=O) groups is 1. The van der Waals surface area contributed by atoms with Gasteiger partial charge in [-0.1, -0.05) is 27.2 Å². The van der Waals surface area contributed by atoms with Gasteiger partial charge in [-0.2, -0.15) is 0 Å². The van der Waals surface area contributed by atoms with Crippen LogP contribution < -0.4 is 5.32 Å². The monoisotopic (exact) mass is 289 g/mol. The molecule has 0 bridgehead atoms. The molecule has 1 aromatic rings. The highest BCUT2D eigenvalue weighted by atomic mass is 16.1. The van der Waals surface area contributed by atoms with Crippen LogP contribution in [-0.4, -0.2) is 21.9 Å². The maximum Gasteiger partial charge on any atom is 0.271 e. The number of hydrogen-bond acceptors (Lipinski definition) is 3. The number of aromatic nitrogens is 2. The lowest BCUT2D eigenvalue weighted by Crippen LogP contribution is -2.40. The van der Waals surface area contributed by atoms with Crippen LogP contribution in [0.2, 0.25) is 0 Å². The van der Waals surface area contributed by atoms with E-state index in [4.69, 9.17) is 0 Å². The van der Waals surface area contributed by atoms with Crippen molar-refractivity contribution >= 4 is 5.91 Å². The molecule has 0 spiro atoms. The number of nitrogens with zero attached hydrogens (tertiary/aromatic N) is 2. The highest BCUT2D eigenvalue weighted by Gasteiger charge is 2.32. The van der Waals surface area contributed by atoms with Crippen molar-refractivity contribution in [1.29, 1.82) is 0 Å². The minimum Gasteiger partial charge on any atom is -0.348 e. The summed E-state index contributed by atoms with van der Waals surface area (Å²) in [6.07, 6.45) is 8.94. The molecule has 4 nitrogen and oxygen atoms in total. The van der Waals surface area contributed by atoms with Gasteiger partial charge in [0.1, 0.15) is 5.69 Å². The fourth-order valence-electron chi connectivity index (χ4n) is 3.08. The first-order valence-electron chi connectivity index (χ1n) is 8.02. The highest BCUT2D eigenvalue weighted by molar-refractivity contribution is 5.92. The lowest BCUT2D eigenvalue weighted by molar-refractivity contribution is 0.0888. The minimum atomic E-state index is -0.0966. The fourth-order valence-corrected chi connectivity index (χ4v) is 3.08. The maximum atomic E-state index is 12.1. The van der Waals surface area contributed by atoms with E-state index in [0.29, 0.717) is 11.1 Å². The Morgan fingerprint density at radius 2 is 1.90 bits per heavy atom. The Bertz CT molecular complexity index is 473. The Labute approximate surface area is 127 Å². The number of amides is 1. The summed E-state index contributed by atoms with van der Waals surface area (Å²) in [5.74, 6) is 0.676. The molecule has 1 saturated carbocycles. The van der Waals surface area contributed by atoms with Crippen LogP contribution in [0.3, 0.4) is 0 Å². The van der Waals surface area contributed by atoms with Crippen molar-refractivity contribution in [2.24, 2.45) is 11.3 Å². The van der Waals surface area contributed by atoms with E-state index in [1.54, 1.807) is 12.4 Å². The lowest BCUT2D eigenvalue weighted by Gasteiger charge is -2.39. The van der Waals surface area contributed by atoms with Gasteiger partial charge in [0.25, 0.3) is 5.91 Å². The summed E-state index contributed by atoms with van der Waals surface area (Å²) in [5.41, 5.74) is 1.66. The van der Waals surface area contributed by atoms with Gasteiger partial charge in [0.05, 0.1) is 11.9 Å². The second-order valence-electron chi connectivity index (χ2n) is 6.91. The number of rotatable bonds is 4. The Hall–Kier alpha value is -1.45. The topological polar surface area (TPSA) is 54.9 Å². The standard InChI is InChI=1S/C17H27N3O/c1-5-17(3,4)13-6-8-14(9-7-13)20-16(21)15-11-18-12(2)10-19-15/h10-11,13-14H,5-9H2,1-4H3,(H,20,21). The van der Waals surface area contributed by atoms with Crippen LogP contribution in [0.4, 0.5) is 0 Å². The molecule has 1 aliphatic rings. The number of aryl methyl sites for hydroxylation is 1. The van der Waals surface area contributed by atoms with Crippen LogP contribution in [-0.2, 0) is 0 Å². The summed E-state index contributed by atoms with van der Waals surface area (Å²) >= 11 is 0. The molecule has 21 heavy (non-hydrogen) atoms. The Balaban J connectivity index is 1.86. The second kappa shape index (κ2) is 6.54. The number of nitrogens with one attached hydrogen (secondary N) is 1. The molecule has 0 aromatic carbocycles. The molecule has 1 aromatic heterocycles. The van der Waals surface area contributed by atoms with Crippen molar-refractivity contribution in [2.75, 3.05) is 0 Å². The molecular formula is C17H27N3O. The fraction of sp³-hybridized carbons (Fsp3) is 0.706. The van der Waals surface area contributed by atoms with Gasteiger partial charge in [-0.25, -0.2) is 4.98 Å². The van der Waals surface area contributed by atoms with E-state index in [1.165, 1.54) is 19.3 Å². The molecule has 1 aliphatic carbocycles. The van der Waals surface area contributed by atoms with E-state index in [2.05, 4.69) is 36.1 Å². The molecule has 1 fully saturated rings. The van der Waals surface area contributed by atoms with Crippen LogP contribution >= 0.6 is 0 Å². The van der Waals surface area contributed by atoms with Gasteiger partial charge in [-0.05, 0) is 43.9 Å². The molecule has 1 amide bonds. The van der Waals surface area contributed by atoms with Crippen LogP contribution in [0.1, 0.15) is 69.1 Å². The van der Waals surface area contributed by atoms with E-state index in [-0.39, 0.29) is 11.9 Å². The summed E-state index contributed by atoms with van der Waals surface area (Å²) in [7, 11) is 0. The average molecular weight is 289 g/mol. The van der Waals surface area contributed by atoms with Gasteiger partial charge in [-0.3, -0.25) is 9.78 Å². The van der Waals surface area contributed by atoms with Gasteiger partial charge < -0.3 is 5.32 Å². The normalized spacial score (nSPS) is 22.9. The third-order valence-corrected chi connectivity index (χ3v) is 5.09. The van der Waals surface area contributed by atoms with Crippen LogP contribution in [0, 0.1) is 18.3 Å². The van der Waals surface area contributed by atoms with E-state index in [0.717, 1.165) is 24.5 Å². The van der Waals surface area contributed by atoms with Gasteiger partial charge in [0.2, 0.25) is 0 Å². The number of carbonyl (C=O) groups excluding carboxylic acids is 1. The van der Waals surface area contributed by atoms with Crippen molar-refractivity contribution in [3.8, 4) is 0 Å². The van der Waals surface area contributed by atoms with Crippen molar-refractivity contribution in [3.63, 3.8) is 0 Å². The first kappa shape index (κ1) is 15.9. The van der Waals surface area contributed by atoms with E-state index in [9.17, 15) is 4.79 Å². The van der Waals surface area contributed by atoms with E-state index >= 15 is 0 Å². The molecule has 4 heteroatoms. The summed E-state index contributed by atoms with van der Waals surface area (Å²) in [4.78, 5) is 20.4.